The molecule has 0 heterocycles. The highest BCUT2D eigenvalue weighted by atomic mass is 16.6. The van der Waals surface area contributed by atoms with Crippen molar-refractivity contribution in [2.75, 3.05) is 34.4 Å². The number of nitrogens with zero attached hydrogens (tertiary/aromatic N) is 1. The number of rotatable bonds is 13. The van der Waals surface area contributed by atoms with Crippen molar-refractivity contribution in [3.05, 3.63) is 54.1 Å². The number of carboxylic acids is 1. The molecule has 0 radical (unpaired) electrons. The Balaban J connectivity index is 1.98. The van der Waals surface area contributed by atoms with Gasteiger partial charge in [0.1, 0.15) is 25.1 Å². The van der Waals surface area contributed by atoms with Crippen molar-refractivity contribution in [3.8, 4) is 17.2 Å². The van der Waals surface area contributed by atoms with Crippen LogP contribution < -0.4 is 14.2 Å². The van der Waals surface area contributed by atoms with E-state index in [4.69, 9.17) is 24.1 Å². The average Bonchev–Trinajstić information content (AvgIpc) is 2.75. The van der Waals surface area contributed by atoms with Gasteiger partial charge in [-0.3, -0.25) is 9.59 Å². The van der Waals surface area contributed by atoms with Gasteiger partial charge in [0.25, 0.3) is 0 Å². The fraction of sp³-hybridized carbons (Fsp3) is 0.391. The number of hydrogen-bond donors (Lipinski definition) is 1. The Labute approximate surface area is 182 Å². The van der Waals surface area contributed by atoms with Crippen molar-refractivity contribution >= 4 is 11.9 Å². The molecule has 1 atom stereocenters. The van der Waals surface area contributed by atoms with Gasteiger partial charge in [-0.1, -0.05) is 24.3 Å². The summed E-state index contributed by atoms with van der Waals surface area (Å²) in [5, 5.41) is 8.73. The zero-order chi connectivity index (χ0) is 22.6. The van der Waals surface area contributed by atoms with E-state index in [0.717, 1.165) is 11.3 Å². The zero-order valence-electron chi connectivity index (χ0n) is 18.1. The van der Waals surface area contributed by atoms with Crippen LogP contribution in [0, 0.1) is 0 Å². The molecule has 0 aromatic heterocycles. The van der Waals surface area contributed by atoms with E-state index < -0.39 is 18.0 Å². The molecule has 0 aliphatic rings. The Hall–Kier alpha value is -3.26. The molecule has 8 nitrogen and oxygen atoms in total. The minimum Gasteiger partial charge on any atom is -0.497 e. The predicted octanol–water partition coefficient (Wildman–Crippen LogP) is 2.99. The fourth-order valence-electron chi connectivity index (χ4n) is 2.78. The lowest BCUT2D eigenvalue weighted by Crippen LogP contribution is -2.35. The number of methoxy groups -OCH3 is 1. The van der Waals surface area contributed by atoms with Crippen LogP contribution in [0.5, 0.6) is 17.2 Å². The van der Waals surface area contributed by atoms with Crippen LogP contribution >= 0.6 is 0 Å². The molecule has 0 amide bonds. The van der Waals surface area contributed by atoms with Crippen molar-refractivity contribution in [1.29, 1.82) is 0 Å². The highest BCUT2D eigenvalue weighted by Crippen LogP contribution is 2.28. The third kappa shape index (κ3) is 8.96. The van der Waals surface area contributed by atoms with Crippen LogP contribution in [-0.4, -0.2) is 62.4 Å². The number of esters is 1. The number of para-hydroxylation sites is 2. The lowest BCUT2D eigenvalue weighted by Gasteiger charge is -2.22. The molecule has 2 aromatic rings. The second-order valence-electron chi connectivity index (χ2n) is 7.17. The number of carboxylic acid groups (broad SMARTS) is 1. The van der Waals surface area contributed by atoms with E-state index in [-0.39, 0.29) is 19.4 Å². The Morgan fingerprint density at radius 1 is 1.00 bits per heavy atom. The minimum atomic E-state index is -1.04. The van der Waals surface area contributed by atoms with Crippen molar-refractivity contribution in [3.63, 3.8) is 0 Å². The van der Waals surface area contributed by atoms with Gasteiger partial charge >= 0.3 is 11.9 Å². The second-order valence-corrected chi connectivity index (χ2v) is 7.17. The highest BCUT2D eigenvalue weighted by molar-refractivity contribution is 5.76. The molecule has 0 aliphatic carbocycles. The Morgan fingerprint density at radius 2 is 1.71 bits per heavy atom. The number of ether oxygens (including phenoxy) is 4. The third-order valence-corrected chi connectivity index (χ3v) is 4.21. The summed E-state index contributed by atoms with van der Waals surface area (Å²) in [4.78, 5) is 24.5. The summed E-state index contributed by atoms with van der Waals surface area (Å²) in [7, 11) is 5.31. The van der Waals surface area contributed by atoms with Gasteiger partial charge in [-0.2, -0.15) is 0 Å². The number of aliphatic carboxylic acids is 1. The fourth-order valence-corrected chi connectivity index (χ4v) is 2.78. The molecule has 0 bridgehead atoms. The van der Waals surface area contributed by atoms with Crippen LogP contribution in [0.15, 0.2) is 48.5 Å². The maximum Gasteiger partial charge on any atom is 0.306 e. The summed E-state index contributed by atoms with van der Waals surface area (Å²) in [5.41, 5.74) is 0.951. The average molecular weight is 431 g/mol. The maximum absolute atomic E-state index is 11.9. The van der Waals surface area contributed by atoms with Gasteiger partial charge in [-0.05, 0) is 43.9 Å². The second kappa shape index (κ2) is 12.4. The summed E-state index contributed by atoms with van der Waals surface area (Å²) in [6, 6.07) is 14.8. The summed E-state index contributed by atoms with van der Waals surface area (Å²) in [6.45, 7) is 0.880. The van der Waals surface area contributed by atoms with Crippen LogP contribution in [-0.2, 0) is 20.9 Å². The van der Waals surface area contributed by atoms with Crippen LogP contribution in [0.3, 0.4) is 0 Å². The lowest BCUT2D eigenvalue weighted by molar-refractivity contribution is -0.153. The van der Waals surface area contributed by atoms with E-state index in [0.29, 0.717) is 24.7 Å². The number of likely N-dealkylation sites (N-methyl/N-ethyl adjacent to an activating group) is 1. The zero-order valence-corrected chi connectivity index (χ0v) is 18.1. The van der Waals surface area contributed by atoms with Gasteiger partial charge in [-0.25, -0.2) is 0 Å². The quantitative estimate of drug-likeness (QED) is 0.484. The van der Waals surface area contributed by atoms with Gasteiger partial charge in [0, 0.05) is 6.54 Å². The summed E-state index contributed by atoms with van der Waals surface area (Å²) in [5.74, 6) is 0.226. The first-order valence-corrected chi connectivity index (χ1v) is 9.91. The SMILES string of the molecule is COc1cccc(COc2ccccc2OC[C@@H](CN(C)C)OC(=O)CCC(=O)O)c1. The topological polar surface area (TPSA) is 94.5 Å². The summed E-state index contributed by atoms with van der Waals surface area (Å²) < 4.78 is 22.4. The maximum atomic E-state index is 11.9. The largest absolute Gasteiger partial charge is 0.497 e. The molecule has 8 heteroatoms. The highest BCUT2D eigenvalue weighted by Gasteiger charge is 2.18. The van der Waals surface area contributed by atoms with E-state index >= 15 is 0 Å². The van der Waals surface area contributed by atoms with Gasteiger partial charge < -0.3 is 29.0 Å². The van der Waals surface area contributed by atoms with Crippen molar-refractivity contribution in [2.24, 2.45) is 0 Å². The molecule has 0 saturated carbocycles. The van der Waals surface area contributed by atoms with Crippen LogP contribution in [0.25, 0.3) is 0 Å². The number of hydrogen-bond acceptors (Lipinski definition) is 7. The first-order valence-electron chi connectivity index (χ1n) is 9.91. The number of carbonyl (C=O) groups is 2. The Kier molecular flexibility index (Phi) is 9.64. The number of benzene rings is 2. The van der Waals surface area contributed by atoms with Crippen LogP contribution in [0.2, 0.25) is 0 Å². The molecule has 2 rings (SSSR count). The molecule has 0 saturated heterocycles. The van der Waals surface area contributed by atoms with Gasteiger partial charge in [0.15, 0.2) is 11.5 Å². The van der Waals surface area contributed by atoms with E-state index in [2.05, 4.69) is 0 Å². The Morgan fingerprint density at radius 3 is 2.35 bits per heavy atom. The van der Waals surface area contributed by atoms with Crippen LogP contribution in [0.1, 0.15) is 18.4 Å². The molecule has 31 heavy (non-hydrogen) atoms. The van der Waals surface area contributed by atoms with E-state index in [1.54, 1.807) is 19.2 Å². The third-order valence-electron chi connectivity index (χ3n) is 4.21. The molecule has 2 aromatic carbocycles. The van der Waals surface area contributed by atoms with Crippen molar-refractivity contribution < 1.29 is 33.6 Å². The van der Waals surface area contributed by atoms with E-state index in [1.807, 2.05) is 55.4 Å². The van der Waals surface area contributed by atoms with Crippen molar-refractivity contribution in [2.45, 2.75) is 25.6 Å². The Bertz CT molecular complexity index is 853. The van der Waals surface area contributed by atoms with Gasteiger partial charge in [0.2, 0.25) is 0 Å². The molecule has 0 unspecified atom stereocenters. The molecule has 168 valence electrons. The molecular weight excluding hydrogens is 402 g/mol. The first kappa shape index (κ1) is 24.0. The molecular formula is C23H29NO7. The normalized spacial score (nSPS) is 11.6. The van der Waals surface area contributed by atoms with Gasteiger partial charge in [-0.15, -0.1) is 0 Å². The molecule has 0 spiro atoms. The smallest absolute Gasteiger partial charge is 0.306 e. The number of carbonyl (C=O) groups excluding carboxylic acids is 1. The lowest BCUT2D eigenvalue weighted by atomic mass is 10.2. The monoisotopic (exact) mass is 431 g/mol. The molecule has 0 fully saturated rings. The predicted molar refractivity (Wildman–Crippen MR) is 115 cm³/mol. The first-order chi connectivity index (χ1) is 14.9. The standard InChI is InChI=1S/C23H29NO7/c1-24(2)14-19(31-23(27)12-11-22(25)26)16-30-21-10-5-4-9-20(21)29-15-17-7-6-8-18(13-17)28-3/h4-10,13,19H,11-12,14-16H2,1-3H3,(H,25,26)/t19-/m1/s1. The minimum absolute atomic E-state index is 0.108. The van der Waals surface area contributed by atoms with Crippen LogP contribution in [0.4, 0.5) is 0 Å². The van der Waals surface area contributed by atoms with E-state index in [1.165, 1.54) is 0 Å². The summed E-state index contributed by atoms with van der Waals surface area (Å²) >= 11 is 0. The molecule has 1 N–H and O–H groups in total. The van der Waals surface area contributed by atoms with Crippen molar-refractivity contribution in [1.82, 2.24) is 4.90 Å². The molecule has 0 aliphatic heterocycles. The van der Waals surface area contributed by atoms with E-state index in [9.17, 15) is 9.59 Å². The summed E-state index contributed by atoms with van der Waals surface area (Å²) in [6.07, 6.45) is -1.00. The van der Waals surface area contributed by atoms with Gasteiger partial charge in [0.05, 0.1) is 20.0 Å².